The molecule has 1 aromatic carbocycles. The van der Waals surface area contributed by atoms with E-state index in [-0.39, 0.29) is 11.9 Å². The third-order valence-corrected chi connectivity index (χ3v) is 4.54. The molecule has 0 bridgehead atoms. The molecule has 1 aromatic rings. The molecule has 0 saturated heterocycles. The normalized spacial score (nSPS) is 17.1. The van der Waals surface area contributed by atoms with E-state index in [1.165, 1.54) is 25.7 Å². The van der Waals surface area contributed by atoms with Crippen LogP contribution in [-0.2, 0) is 4.79 Å². The maximum atomic E-state index is 12.5. The third kappa shape index (κ3) is 3.89. The number of likely N-dealkylation sites (N-methyl/N-ethyl adjacent to an activating group) is 1. The van der Waals surface area contributed by atoms with Crippen LogP contribution in [0.15, 0.2) is 18.2 Å². The first-order valence-electron chi connectivity index (χ1n) is 7.64. The van der Waals surface area contributed by atoms with Crippen LogP contribution in [0.3, 0.4) is 0 Å². The van der Waals surface area contributed by atoms with E-state index in [1.807, 2.05) is 6.92 Å². The number of anilines is 2. The fourth-order valence-electron chi connectivity index (χ4n) is 3.12. The SMILES string of the molecule is CCN(C1CCCC1)C(C)C(=O)Nc1ccc(Cl)cc1N. The number of nitrogens with zero attached hydrogens (tertiary/aromatic N) is 1. The second-order valence-electron chi connectivity index (χ2n) is 5.67. The van der Waals surface area contributed by atoms with Gasteiger partial charge < -0.3 is 11.1 Å². The van der Waals surface area contributed by atoms with E-state index in [0.29, 0.717) is 22.4 Å². The maximum Gasteiger partial charge on any atom is 0.241 e. The summed E-state index contributed by atoms with van der Waals surface area (Å²) in [6, 6.07) is 5.49. The van der Waals surface area contributed by atoms with Crippen LogP contribution in [0.5, 0.6) is 0 Å². The molecular formula is C16H24ClN3O. The molecule has 0 aliphatic heterocycles. The third-order valence-electron chi connectivity index (χ3n) is 4.31. The largest absolute Gasteiger partial charge is 0.397 e. The molecule has 21 heavy (non-hydrogen) atoms. The van der Waals surface area contributed by atoms with Crippen molar-refractivity contribution in [3.8, 4) is 0 Å². The molecule has 1 aliphatic carbocycles. The molecule has 1 unspecified atom stereocenters. The summed E-state index contributed by atoms with van der Waals surface area (Å²) in [6.07, 6.45) is 4.91. The molecule has 0 radical (unpaired) electrons. The molecule has 1 saturated carbocycles. The van der Waals surface area contributed by atoms with Crippen LogP contribution in [0.25, 0.3) is 0 Å². The van der Waals surface area contributed by atoms with Gasteiger partial charge in [0.1, 0.15) is 0 Å². The van der Waals surface area contributed by atoms with Crippen LogP contribution < -0.4 is 11.1 Å². The van der Waals surface area contributed by atoms with E-state index in [0.717, 1.165) is 6.54 Å². The summed E-state index contributed by atoms with van der Waals surface area (Å²) in [4.78, 5) is 14.8. The van der Waals surface area contributed by atoms with Crippen molar-refractivity contribution in [2.24, 2.45) is 0 Å². The second kappa shape index (κ2) is 7.14. The number of halogens is 1. The van der Waals surface area contributed by atoms with Crippen molar-refractivity contribution < 1.29 is 4.79 Å². The number of carbonyl (C=O) groups excluding carboxylic acids is 1. The molecule has 4 nitrogen and oxygen atoms in total. The van der Waals surface area contributed by atoms with Gasteiger partial charge in [0.2, 0.25) is 5.91 Å². The Bertz CT molecular complexity index is 500. The molecule has 0 spiro atoms. The van der Waals surface area contributed by atoms with E-state index in [2.05, 4.69) is 17.1 Å². The maximum absolute atomic E-state index is 12.5. The first-order chi connectivity index (χ1) is 10.0. The molecular weight excluding hydrogens is 286 g/mol. The van der Waals surface area contributed by atoms with Gasteiger partial charge in [0.05, 0.1) is 17.4 Å². The average molecular weight is 310 g/mol. The number of carbonyl (C=O) groups is 1. The van der Waals surface area contributed by atoms with Crippen molar-refractivity contribution in [3.63, 3.8) is 0 Å². The summed E-state index contributed by atoms with van der Waals surface area (Å²) in [5.41, 5.74) is 7.00. The highest BCUT2D eigenvalue weighted by Gasteiger charge is 2.29. The predicted molar refractivity (Wildman–Crippen MR) is 88.6 cm³/mol. The van der Waals surface area contributed by atoms with Crippen LogP contribution in [0, 0.1) is 0 Å². The standard InChI is InChI=1S/C16H24ClN3O/c1-3-20(13-6-4-5-7-13)11(2)16(21)19-15-9-8-12(17)10-14(15)18/h8-11,13H,3-7,18H2,1-2H3,(H,19,21). The van der Waals surface area contributed by atoms with Crippen molar-refractivity contribution in [2.75, 3.05) is 17.6 Å². The molecule has 0 aromatic heterocycles. The second-order valence-corrected chi connectivity index (χ2v) is 6.10. The van der Waals surface area contributed by atoms with Gasteiger partial charge in [-0.15, -0.1) is 0 Å². The Balaban J connectivity index is 2.03. The Hall–Kier alpha value is -1.26. The number of rotatable bonds is 5. The lowest BCUT2D eigenvalue weighted by Gasteiger charge is -2.32. The lowest BCUT2D eigenvalue weighted by atomic mass is 10.1. The van der Waals surface area contributed by atoms with Crippen molar-refractivity contribution in [1.29, 1.82) is 0 Å². The van der Waals surface area contributed by atoms with Gasteiger partial charge >= 0.3 is 0 Å². The molecule has 0 heterocycles. The van der Waals surface area contributed by atoms with Crippen LogP contribution in [-0.4, -0.2) is 29.4 Å². The molecule has 1 atom stereocenters. The van der Waals surface area contributed by atoms with Crippen LogP contribution in [0.4, 0.5) is 11.4 Å². The Morgan fingerprint density at radius 2 is 2.14 bits per heavy atom. The summed E-state index contributed by atoms with van der Waals surface area (Å²) in [7, 11) is 0. The number of nitrogen functional groups attached to an aromatic ring is 1. The Morgan fingerprint density at radius 3 is 2.71 bits per heavy atom. The Labute approximate surface area is 131 Å². The summed E-state index contributed by atoms with van der Waals surface area (Å²) in [5.74, 6) is -0.0160. The zero-order chi connectivity index (χ0) is 15.4. The lowest BCUT2D eigenvalue weighted by molar-refractivity contribution is -0.121. The van der Waals surface area contributed by atoms with E-state index < -0.39 is 0 Å². The summed E-state index contributed by atoms with van der Waals surface area (Å²) in [6.45, 7) is 4.96. The summed E-state index contributed by atoms with van der Waals surface area (Å²) < 4.78 is 0. The lowest BCUT2D eigenvalue weighted by Crippen LogP contribution is -2.46. The van der Waals surface area contributed by atoms with Crippen LogP contribution in [0.2, 0.25) is 5.02 Å². The number of hydrogen-bond acceptors (Lipinski definition) is 3. The molecule has 3 N–H and O–H groups in total. The van der Waals surface area contributed by atoms with E-state index in [9.17, 15) is 4.79 Å². The molecule has 5 heteroatoms. The number of nitrogens with one attached hydrogen (secondary N) is 1. The zero-order valence-electron chi connectivity index (χ0n) is 12.7. The quantitative estimate of drug-likeness (QED) is 0.818. The van der Waals surface area contributed by atoms with E-state index >= 15 is 0 Å². The van der Waals surface area contributed by atoms with Crippen molar-refractivity contribution >= 4 is 28.9 Å². The first kappa shape index (κ1) is 16.1. The number of nitrogens with two attached hydrogens (primary N) is 1. The molecule has 1 amide bonds. The summed E-state index contributed by atoms with van der Waals surface area (Å²) in [5, 5.41) is 3.48. The fraction of sp³-hybridized carbons (Fsp3) is 0.562. The topological polar surface area (TPSA) is 58.4 Å². The molecule has 1 aliphatic rings. The van der Waals surface area contributed by atoms with Crippen molar-refractivity contribution in [2.45, 2.75) is 51.6 Å². The van der Waals surface area contributed by atoms with Crippen molar-refractivity contribution in [1.82, 2.24) is 4.90 Å². The number of amides is 1. The van der Waals surface area contributed by atoms with Crippen LogP contribution >= 0.6 is 11.6 Å². The number of hydrogen-bond donors (Lipinski definition) is 2. The molecule has 116 valence electrons. The highest BCUT2D eigenvalue weighted by Crippen LogP contribution is 2.26. The van der Waals surface area contributed by atoms with Crippen molar-refractivity contribution in [3.05, 3.63) is 23.2 Å². The highest BCUT2D eigenvalue weighted by molar-refractivity contribution is 6.31. The first-order valence-corrected chi connectivity index (χ1v) is 8.02. The van der Waals surface area contributed by atoms with Gasteiger partial charge in [-0.1, -0.05) is 31.4 Å². The van der Waals surface area contributed by atoms with Gasteiger partial charge in [-0.05, 0) is 44.5 Å². The minimum absolute atomic E-state index is 0.0160. The number of benzene rings is 1. The monoisotopic (exact) mass is 309 g/mol. The van der Waals surface area contributed by atoms with Gasteiger partial charge in [-0.3, -0.25) is 9.69 Å². The van der Waals surface area contributed by atoms with Gasteiger partial charge in [-0.2, -0.15) is 0 Å². The Kier molecular flexibility index (Phi) is 5.48. The molecule has 1 fully saturated rings. The highest BCUT2D eigenvalue weighted by atomic mass is 35.5. The minimum Gasteiger partial charge on any atom is -0.397 e. The van der Waals surface area contributed by atoms with Crippen LogP contribution in [0.1, 0.15) is 39.5 Å². The van der Waals surface area contributed by atoms with Gasteiger partial charge in [-0.25, -0.2) is 0 Å². The van der Waals surface area contributed by atoms with Gasteiger partial charge in [0.25, 0.3) is 0 Å². The average Bonchev–Trinajstić information content (AvgIpc) is 2.96. The fourth-order valence-corrected chi connectivity index (χ4v) is 3.30. The van der Waals surface area contributed by atoms with E-state index in [1.54, 1.807) is 18.2 Å². The predicted octanol–water partition coefficient (Wildman–Crippen LogP) is 3.51. The van der Waals surface area contributed by atoms with Gasteiger partial charge in [0, 0.05) is 11.1 Å². The van der Waals surface area contributed by atoms with E-state index in [4.69, 9.17) is 17.3 Å². The zero-order valence-corrected chi connectivity index (χ0v) is 13.5. The smallest absolute Gasteiger partial charge is 0.241 e. The Morgan fingerprint density at radius 1 is 1.48 bits per heavy atom. The molecule has 2 rings (SSSR count). The minimum atomic E-state index is -0.159. The summed E-state index contributed by atoms with van der Waals surface area (Å²) >= 11 is 5.87. The van der Waals surface area contributed by atoms with Gasteiger partial charge in [0.15, 0.2) is 0 Å².